The number of hydrogen-bond donors (Lipinski definition) is 4. The van der Waals surface area contributed by atoms with Crippen LogP contribution in [0.15, 0.2) is 72.9 Å². The molecule has 3 aromatic carbocycles. The smallest absolute Gasteiger partial charge is 0.230 e. The number of Topliss-reactive ketones (excluding diaryl/α,β-unsaturated/α-hetero) is 1. The molecule has 50 heavy (non-hydrogen) atoms. The molecule has 0 amide bonds. The fourth-order valence-electron chi connectivity index (χ4n) is 7.39. The van der Waals surface area contributed by atoms with Crippen molar-refractivity contribution in [1.82, 2.24) is 20.5 Å². The molecule has 2 unspecified atom stereocenters. The Hall–Kier alpha value is -4.35. The van der Waals surface area contributed by atoms with Crippen molar-refractivity contribution in [1.29, 1.82) is 0 Å². The summed E-state index contributed by atoms with van der Waals surface area (Å²) >= 11 is 0. The van der Waals surface area contributed by atoms with E-state index in [4.69, 9.17) is 9.47 Å². The highest BCUT2D eigenvalue weighted by Crippen LogP contribution is 2.36. The summed E-state index contributed by atoms with van der Waals surface area (Å²) in [6.07, 6.45) is 6.19. The first kappa shape index (κ1) is 34.1. The summed E-state index contributed by atoms with van der Waals surface area (Å²) in [7, 11) is 0. The summed E-state index contributed by atoms with van der Waals surface area (Å²) in [6.45, 7) is 6.35. The maximum absolute atomic E-state index is 14.5. The number of ketones is 1. The lowest BCUT2D eigenvalue weighted by atomic mass is 9.82. The van der Waals surface area contributed by atoms with E-state index in [-0.39, 0.29) is 29.0 Å². The Kier molecular flexibility index (Phi) is 10.4. The van der Waals surface area contributed by atoms with Crippen LogP contribution in [0.3, 0.4) is 0 Å². The van der Waals surface area contributed by atoms with Crippen molar-refractivity contribution in [3.05, 3.63) is 101 Å². The van der Waals surface area contributed by atoms with Crippen molar-refractivity contribution in [2.24, 2.45) is 5.92 Å². The van der Waals surface area contributed by atoms with E-state index in [1.165, 1.54) is 6.07 Å². The molecule has 0 spiro atoms. The van der Waals surface area contributed by atoms with Crippen LogP contribution in [0.25, 0.3) is 11.1 Å². The van der Waals surface area contributed by atoms with Gasteiger partial charge in [-0.2, -0.15) is 0 Å². The molecular formula is C40H45FN4O5. The summed E-state index contributed by atoms with van der Waals surface area (Å²) < 4.78 is 26.1. The number of nitrogens with zero attached hydrogens (tertiary/aromatic N) is 2. The molecule has 1 aromatic heterocycles. The van der Waals surface area contributed by atoms with Gasteiger partial charge in [0, 0.05) is 43.8 Å². The average molecular weight is 681 g/mol. The SMILES string of the molecule is Cc1ccc(O)c(CNC2CCC(CC3NC3C(=O)c3cc(F)cnc3Oc3cccc(-c4ccc(O)cc4CN4CCOCC4)c3)CC2)c1. The van der Waals surface area contributed by atoms with Crippen molar-refractivity contribution in [2.45, 2.75) is 70.2 Å². The van der Waals surface area contributed by atoms with Gasteiger partial charge in [0.25, 0.3) is 0 Å². The van der Waals surface area contributed by atoms with Crippen molar-refractivity contribution >= 4 is 5.78 Å². The van der Waals surface area contributed by atoms with E-state index in [1.54, 1.807) is 24.3 Å². The zero-order chi connectivity index (χ0) is 34.6. The maximum atomic E-state index is 14.5. The van der Waals surface area contributed by atoms with Crippen LogP contribution in [0.4, 0.5) is 4.39 Å². The first-order valence-electron chi connectivity index (χ1n) is 17.7. The number of halogens is 1. The number of pyridine rings is 1. The molecule has 9 nitrogen and oxygen atoms in total. The summed E-state index contributed by atoms with van der Waals surface area (Å²) in [5.74, 6) is 0.783. The third-order valence-electron chi connectivity index (χ3n) is 10.2. The third-order valence-corrected chi connectivity index (χ3v) is 10.2. The number of carbonyl (C=O) groups excluding carboxylic acids is 1. The van der Waals surface area contributed by atoms with Crippen LogP contribution in [0.2, 0.25) is 0 Å². The van der Waals surface area contributed by atoms with E-state index in [0.717, 1.165) is 79.2 Å². The second-order valence-electron chi connectivity index (χ2n) is 13.9. The molecule has 2 aliphatic heterocycles. The molecule has 1 aliphatic carbocycles. The summed E-state index contributed by atoms with van der Waals surface area (Å²) in [5.41, 5.74) is 5.01. The molecule has 0 bridgehead atoms. The fourth-order valence-corrected chi connectivity index (χ4v) is 7.39. The maximum Gasteiger partial charge on any atom is 0.230 e. The Bertz CT molecular complexity index is 1820. The van der Waals surface area contributed by atoms with E-state index in [2.05, 4.69) is 20.5 Å². The highest BCUT2D eigenvalue weighted by Gasteiger charge is 2.45. The minimum atomic E-state index is -0.590. The number of aryl methyl sites for hydroxylation is 1. The molecule has 3 heterocycles. The van der Waals surface area contributed by atoms with Gasteiger partial charge in [-0.1, -0.05) is 35.9 Å². The Morgan fingerprint density at radius 2 is 1.84 bits per heavy atom. The Morgan fingerprint density at radius 1 is 1.02 bits per heavy atom. The van der Waals surface area contributed by atoms with Crippen LogP contribution >= 0.6 is 0 Å². The lowest BCUT2D eigenvalue weighted by molar-refractivity contribution is 0.0342. The van der Waals surface area contributed by atoms with Crippen molar-refractivity contribution in [3.8, 4) is 34.3 Å². The van der Waals surface area contributed by atoms with E-state index in [0.29, 0.717) is 49.8 Å². The topological polar surface area (TPSA) is 126 Å². The highest BCUT2D eigenvalue weighted by molar-refractivity contribution is 6.04. The Balaban J connectivity index is 0.967. The second kappa shape index (κ2) is 15.3. The molecule has 3 aliphatic rings. The van der Waals surface area contributed by atoms with Crippen LogP contribution in [0, 0.1) is 18.7 Å². The Labute approximate surface area is 292 Å². The van der Waals surface area contributed by atoms with Gasteiger partial charge in [-0.05, 0) is 98.0 Å². The standard InChI is InChI=1S/C40H45FN4O5/c1-25-5-12-37(47)28(17-25)22-42-31-8-6-26(7-9-31)18-36-38(44-36)39(48)35-21-30(41)23-43-40(35)50-33-4-2-3-27(20-33)34-11-10-32(46)19-29(34)24-45-13-15-49-16-14-45/h2-5,10-12,17,19-21,23,26,31,36,38,42,44,46-47H,6-9,13-16,18,22,24H2,1H3. The minimum absolute atomic E-state index is 0.0417. The molecule has 2 saturated heterocycles. The number of carbonyl (C=O) groups is 1. The van der Waals surface area contributed by atoms with Gasteiger partial charge in [0.1, 0.15) is 23.1 Å². The molecule has 0 radical (unpaired) electrons. The number of aromatic hydroxyl groups is 2. The highest BCUT2D eigenvalue weighted by atomic mass is 19.1. The molecular weight excluding hydrogens is 635 g/mol. The predicted molar refractivity (Wildman–Crippen MR) is 189 cm³/mol. The molecule has 7 rings (SSSR count). The Morgan fingerprint density at radius 3 is 2.66 bits per heavy atom. The zero-order valence-corrected chi connectivity index (χ0v) is 28.4. The van der Waals surface area contributed by atoms with Gasteiger partial charge in [-0.3, -0.25) is 9.69 Å². The zero-order valence-electron chi connectivity index (χ0n) is 28.4. The second-order valence-corrected chi connectivity index (χ2v) is 13.9. The van der Waals surface area contributed by atoms with Crippen LogP contribution < -0.4 is 15.4 Å². The monoisotopic (exact) mass is 680 g/mol. The molecule has 4 N–H and O–H groups in total. The number of morpholine rings is 1. The van der Waals surface area contributed by atoms with Crippen LogP contribution in [-0.2, 0) is 17.8 Å². The minimum Gasteiger partial charge on any atom is -0.508 e. The molecule has 2 atom stereocenters. The molecule has 10 heteroatoms. The number of phenolic OH excluding ortho intramolecular Hbond substituents is 2. The van der Waals surface area contributed by atoms with Crippen LogP contribution in [-0.4, -0.2) is 70.3 Å². The van der Waals surface area contributed by atoms with E-state index in [1.807, 2.05) is 43.3 Å². The van der Waals surface area contributed by atoms with E-state index in [9.17, 15) is 19.4 Å². The number of ether oxygens (including phenoxy) is 2. The quantitative estimate of drug-likeness (QED) is 0.0981. The van der Waals surface area contributed by atoms with Crippen LogP contribution in [0.1, 0.15) is 59.2 Å². The summed E-state index contributed by atoms with van der Waals surface area (Å²) in [6, 6.07) is 19.8. The largest absolute Gasteiger partial charge is 0.508 e. The number of phenols is 2. The van der Waals surface area contributed by atoms with Gasteiger partial charge < -0.3 is 30.3 Å². The first-order chi connectivity index (χ1) is 24.3. The molecule has 3 fully saturated rings. The summed E-state index contributed by atoms with van der Waals surface area (Å²) in [4.78, 5) is 20.2. The number of nitrogens with one attached hydrogen (secondary N) is 2. The van der Waals surface area contributed by atoms with Gasteiger partial charge in [0.05, 0.1) is 31.0 Å². The lowest BCUT2D eigenvalue weighted by Gasteiger charge is -2.29. The van der Waals surface area contributed by atoms with Gasteiger partial charge in [0.2, 0.25) is 5.88 Å². The van der Waals surface area contributed by atoms with Gasteiger partial charge in [-0.15, -0.1) is 0 Å². The average Bonchev–Trinajstić information content (AvgIpc) is 3.89. The predicted octanol–water partition coefficient (Wildman–Crippen LogP) is 6.49. The molecule has 4 aromatic rings. The van der Waals surface area contributed by atoms with Gasteiger partial charge in [0.15, 0.2) is 5.78 Å². The van der Waals surface area contributed by atoms with Crippen molar-refractivity contribution in [2.75, 3.05) is 26.3 Å². The normalized spacial score (nSPS) is 22.3. The van der Waals surface area contributed by atoms with E-state index < -0.39 is 11.9 Å². The summed E-state index contributed by atoms with van der Waals surface area (Å²) in [5, 5.41) is 27.4. The number of hydrogen-bond acceptors (Lipinski definition) is 9. The number of rotatable bonds is 12. The molecule has 1 saturated carbocycles. The number of aromatic nitrogens is 1. The van der Waals surface area contributed by atoms with Crippen molar-refractivity contribution in [3.63, 3.8) is 0 Å². The van der Waals surface area contributed by atoms with E-state index >= 15 is 0 Å². The third kappa shape index (κ3) is 8.33. The van der Waals surface area contributed by atoms with Gasteiger partial charge >= 0.3 is 0 Å². The molecule has 262 valence electrons. The van der Waals surface area contributed by atoms with Gasteiger partial charge in [-0.25, -0.2) is 9.37 Å². The lowest BCUT2D eigenvalue weighted by Crippen LogP contribution is -2.35. The number of benzene rings is 3. The van der Waals surface area contributed by atoms with Crippen molar-refractivity contribution < 1.29 is 28.9 Å². The van der Waals surface area contributed by atoms with Crippen LogP contribution in [0.5, 0.6) is 23.1 Å². The fraction of sp³-hybridized carbons (Fsp3) is 0.400. The first-order valence-corrected chi connectivity index (χ1v) is 17.7.